The van der Waals surface area contributed by atoms with Crippen LogP contribution in [0.3, 0.4) is 0 Å². The Hall–Kier alpha value is -2.69. The summed E-state index contributed by atoms with van der Waals surface area (Å²) in [5.74, 6) is 1.29. The minimum Gasteiger partial charge on any atom is -0.493 e. The Labute approximate surface area is 153 Å². The lowest BCUT2D eigenvalue weighted by atomic mass is 10.1. The van der Waals surface area contributed by atoms with E-state index < -0.39 is 0 Å². The highest BCUT2D eigenvalue weighted by Gasteiger charge is 2.21. The van der Waals surface area contributed by atoms with E-state index in [4.69, 9.17) is 9.47 Å². The third kappa shape index (κ3) is 3.47. The SMILES string of the molecule is COc1cccc(/C=C/C2Nc3ccc(F)cc3N2)c1OC1CCCC1. The highest BCUT2D eigenvalue weighted by atomic mass is 19.1. The molecule has 0 aromatic heterocycles. The minimum atomic E-state index is -0.247. The van der Waals surface area contributed by atoms with E-state index in [0.29, 0.717) is 0 Å². The van der Waals surface area contributed by atoms with E-state index in [9.17, 15) is 4.39 Å². The number of methoxy groups -OCH3 is 1. The first-order valence-corrected chi connectivity index (χ1v) is 9.07. The molecule has 0 spiro atoms. The molecule has 4 nitrogen and oxygen atoms in total. The van der Waals surface area contributed by atoms with Gasteiger partial charge in [-0.2, -0.15) is 0 Å². The Morgan fingerprint density at radius 1 is 1.08 bits per heavy atom. The average Bonchev–Trinajstić information content (AvgIpc) is 3.29. The smallest absolute Gasteiger partial charge is 0.168 e. The second kappa shape index (κ2) is 7.28. The fraction of sp³-hybridized carbons (Fsp3) is 0.333. The zero-order chi connectivity index (χ0) is 17.9. The van der Waals surface area contributed by atoms with E-state index >= 15 is 0 Å². The first-order chi connectivity index (χ1) is 12.7. The lowest BCUT2D eigenvalue weighted by Crippen LogP contribution is -2.18. The molecule has 1 atom stereocenters. The zero-order valence-corrected chi connectivity index (χ0v) is 14.8. The van der Waals surface area contributed by atoms with Crippen molar-refractivity contribution in [3.05, 3.63) is 53.9 Å². The standard InChI is InChI=1S/C21H23FN2O2/c1-25-19-8-4-5-14(21(19)26-16-6-2-3-7-16)9-12-20-23-17-11-10-15(22)13-18(17)24-20/h4-5,8-13,16,20,23-24H,2-3,6-7H2,1H3/b12-9+. The minimum absolute atomic E-state index is 0.0997. The number of halogens is 1. The normalized spacial score (nSPS) is 19.2. The highest BCUT2D eigenvalue weighted by Crippen LogP contribution is 2.36. The summed E-state index contributed by atoms with van der Waals surface area (Å²) in [6, 6.07) is 10.6. The van der Waals surface area contributed by atoms with Crippen LogP contribution in [-0.4, -0.2) is 19.4 Å². The molecule has 0 amide bonds. The van der Waals surface area contributed by atoms with Crippen LogP contribution < -0.4 is 20.1 Å². The van der Waals surface area contributed by atoms with E-state index in [1.54, 1.807) is 13.2 Å². The number of nitrogens with one attached hydrogen (secondary N) is 2. The molecular formula is C21H23FN2O2. The number of ether oxygens (including phenoxy) is 2. The monoisotopic (exact) mass is 354 g/mol. The van der Waals surface area contributed by atoms with Gasteiger partial charge in [-0.25, -0.2) is 4.39 Å². The first kappa shape index (κ1) is 16.8. The predicted molar refractivity (Wildman–Crippen MR) is 102 cm³/mol. The Balaban J connectivity index is 1.53. The van der Waals surface area contributed by atoms with Crippen LogP contribution in [0.2, 0.25) is 0 Å². The quantitative estimate of drug-likeness (QED) is 0.790. The second-order valence-electron chi connectivity index (χ2n) is 6.72. The van der Waals surface area contributed by atoms with Gasteiger partial charge in [0.25, 0.3) is 0 Å². The number of fused-ring (bicyclic) bond motifs is 1. The van der Waals surface area contributed by atoms with Crippen molar-refractivity contribution < 1.29 is 13.9 Å². The highest BCUT2D eigenvalue weighted by molar-refractivity contribution is 5.76. The van der Waals surface area contributed by atoms with Gasteiger partial charge >= 0.3 is 0 Å². The number of hydrogen-bond acceptors (Lipinski definition) is 4. The van der Waals surface area contributed by atoms with Crippen LogP contribution in [0.4, 0.5) is 15.8 Å². The summed E-state index contributed by atoms with van der Waals surface area (Å²) in [5, 5.41) is 6.57. The molecular weight excluding hydrogens is 331 g/mol. The molecule has 2 aromatic carbocycles. The summed E-state index contributed by atoms with van der Waals surface area (Å²) >= 11 is 0. The largest absolute Gasteiger partial charge is 0.493 e. The molecule has 0 bridgehead atoms. The van der Waals surface area contributed by atoms with Gasteiger partial charge in [0.2, 0.25) is 0 Å². The van der Waals surface area contributed by atoms with E-state index in [0.717, 1.165) is 41.3 Å². The maximum atomic E-state index is 13.4. The van der Waals surface area contributed by atoms with Gasteiger partial charge in [-0.15, -0.1) is 0 Å². The number of benzene rings is 2. The van der Waals surface area contributed by atoms with Crippen molar-refractivity contribution in [3.8, 4) is 11.5 Å². The molecule has 1 aliphatic heterocycles. The molecule has 2 aromatic rings. The molecule has 2 N–H and O–H groups in total. The number of anilines is 2. The summed E-state index contributed by atoms with van der Waals surface area (Å²) in [4.78, 5) is 0. The molecule has 5 heteroatoms. The Bertz CT molecular complexity index is 816. The second-order valence-corrected chi connectivity index (χ2v) is 6.72. The van der Waals surface area contributed by atoms with Gasteiger partial charge in [-0.05, 0) is 56.0 Å². The van der Waals surface area contributed by atoms with Crippen LogP contribution >= 0.6 is 0 Å². The van der Waals surface area contributed by atoms with Gasteiger partial charge in [0, 0.05) is 5.56 Å². The average molecular weight is 354 g/mol. The van der Waals surface area contributed by atoms with Gasteiger partial charge in [0.1, 0.15) is 12.0 Å². The summed E-state index contributed by atoms with van der Waals surface area (Å²) in [5.41, 5.74) is 2.64. The van der Waals surface area contributed by atoms with Crippen LogP contribution in [0.25, 0.3) is 6.08 Å². The van der Waals surface area contributed by atoms with Crippen molar-refractivity contribution in [2.75, 3.05) is 17.7 Å². The fourth-order valence-electron chi connectivity index (χ4n) is 3.55. The Kier molecular flexibility index (Phi) is 4.69. The van der Waals surface area contributed by atoms with Gasteiger partial charge in [0.15, 0.2) is 11.5 Å². The summed E-state index contributed by atoms with van der Waals surface area (Å²) in [6.07, 6.45) is 8.80. The molecule has 2 aliphatic rings. The maximum Gasteiger partial charge on any atom is 0.168 e. The van der Waals surface area contributed by atoms with Crippen LogP contribution in [-0.2, 0) is 0 Å². The van der Waals surface area contributed by atoms with E-state index in [1.807, 2.05) is 30.4 Å². The van der Waals surface area contributed by atoms with E-state index in [2.05, 4.69) is 10.6 Å². The topological polar surface area (TPSA) is 42.5 Å². The van der Waals surface area contributed by atoms with Crippen molar-refractivity contribution in [2.24, 2.45) is 0 Å². The number of rotatable bonds is 5. The van der Waals surface area contributed by atoms with Crippen molar-refractivity contribution in [1.82, 2.24) is 0 Å². The predicted octanol–water partition coefficient (Wildman–Crippen LogP) is 5.03. The van der Waals surface area contributed by atoms with Gasteiger partial charge in [0.05, 0.1) is 24.6 Å². The molecule has 0 saturated heterocycles. The summed E-state index contributed by atoms with van der Waals surface area (Å²) < 4.78 is 25.1. The number of para-hydroxylation sites is 1. The summed E-state index contributed by atoms with van der Waals surface area (Å²) in [7, 11) is 1.66. The third-order valence-electron chi connectivity index (χ3n) is 4.89. The third-order valence-corrected chi connectivity index (χ3v) is 4.89. The molecule has 1 unspecified atom stereocenters. The van der Waals surface area contributed by atoms with Crippen molar-refractivity contribution >= 4 is 17.5 Å². The van der Waals surface area contributed by atoms with Gasteiger partial charge in [-0.3, -0.25) is 0 Å². The molecule has 1 aliphatic carbocycles. The van der Waals surface area contributed by atoms with Crippen LogP contribution in [0.15, 0.2) is 42.5 Å². The molecule has 0 radical (unpaired) electrons. The molecule has 1 fully saturated rings. The van der Waals surface area contributed by atoms with E-state index in [-0.39, 0.29) is 18.1 Å². The number of hydrogen-bond donors (Lipinski definition) is 2. The van der Waals surface area contributed by atoms with Crippen LogP contribution in [0.1, 0.15) is 31.2 Å². The molecule has 1 saturated carbocycles. The molecule has 26 heavy (non-hydrogen) atoms. The molecule has 4 rings (SSSR count). The van der Waals surface area contributed by atoms with Gasteiger partial charge < -0.3 is 20.1 Å². The van der Waals surface area contributed by atoms with Crippen molar-refractivity contribution in [1.29, 1.82) is 0 Å². The van der Waals surface area contributed by atoms with Crippen LogP contribution in [0, 0.1) is 5.82 Å². The van der Waals surface area contributed by atoms with Crippen LogP contribution in [0.5, 0.6) is 11.5 Å². The molecule has 1 heterocycles. The van der Waals surface area contributed by atoms with Crippen molar-refractivity contribution in [3.63, 3.8) is 0 Å². The van der Waals surface area contributed by atoms with Gasteiger partial charge in [-0.1, -0.05) is 18.2 Å². The molecule has 136 valence electrons. The summed E-state index contributed by atoms with van der Waals surface area (Å²) in [6.45, 7) is 0. The lowest BCUT2D eigenvalue weighted by Gasteiger charge is -2.18. The van der Waals surface area contributed by atoms with E-state index in [1.165, 1.54) is 25.0 Å². The fourth-order valence-corrected chi connectivity index (χ4v) is 3.55. The first-order valence-electron chi connectivity index (χ1n) is 9.07. The lowest BCUT2D eigenvalue weighted by molar-refractivity contribution is 0.200. The van der Waals surface area contributed by atoms with Crippen molar-refractivity contribution in [2.45, 2.75) is 38.0 Å². The Morgan fingerprint density at radius 2 is 1.88 bits per heavy atom. The Morgan fingerprint density at radius 3 is 2.69 bits per heavy atom. The maximum absolute atomic E-state index is 13.4. The zero-order valence-electron chi connectivity index (χ0n) is 14.8.